The number of likely N-dealkylation sites (tertiary alicyclic amines) is 1. The number of carbonyl (C=O) groups excluding carboxylic acids is 1. The van der Waals surface area contributed by atoms with Gasteiger partial charge in [0.15, 0.2) is 0 Å². The van der Waals surface area contributed by atoms with E-state index in [1.807, 2.05) is 33.9 Å². The molecule has 1 aliphatic rings. The molecule has 1 aromatic heterocycles. The van der Waals surface area contributed by atoms with Crippen LogP contribution < -0.4 is 5.32 Å². The van der Waals surface area contributed by atoms with Gasteiger partial charge in [0, 0.05) is 35.7 Å². The zero-order chi connectivity index (χ0) is 18.1. The lowest BCUT2D eigenvalue weighted by Gasteiger charge is -2.19. The van der Waals surface area contributed by atoms with E-state index in [1.165, 1.54) is 0 Å². The summed E-state index contributed by atoms with van der Waals surface area (Å²) in [7, 11) is 2.04. The largest absolute Gasteiger partial charge is 0.464 e. The van der Waals surface area contributed by atoms with Crippen LogP contribution in [0.4, 0.5) is 0 Å². The number of ether oxygens (including phenoxy) is 1. The molecule has 1 saturated heterocycles. The van der Waals surface area contributed by atoms with Crippen LogP contribution in [0.2, 0.25) is 5.02 Å². The molecule has 2 atom stereocenters. The van der Waals surface area contributed by atoms with Gasteiger partial charge in [0.05, 0.1) is 24.8 Å². The molecule has 6 heteroatoms. The van der Waals surface area contributed by atoms with E-state index in [2.05, 4.69) is 10.2 Å². The van der Waals surface area contributed by atoms with Crippen molar-refractivity contribution in [2.75, 3.05) is 26.7 Å². The van der Waals surface area contributed by atoms with Crippen LogP contribution in [-0.2, 0) is 16.0 Å². The van der Waals surface area contributed by atoms with E-state index in [-0.39, 0.29) is 24.5 Å². The summed E-state index contributed by atoms with van der Waals surface area (Å²) in [5.74, 6) is -0.0243. The SMILES string of the molecule is CCO[C@@H]1CN(C)C[C@H]1NC(=O)Cc1coc2cc(C)c(Cl)c(C)c12. The number of fused-ring (bicyclic) bond motifs is 1. The monoisotopic (exact) mass is 364 g/mol. The second kappa shape index (κ2) is 7.36. The molecule has 1 amide bonds. The van der Waals surface area contributed by atoms with E-state index in [1.54, 1.807) is 6.26 Å². The molecule has 1 fully saturated rings. The number of hydrogen-bond acceptors (Lipinski definition) is 4. The zero-order valence-electron chi connectivity index (χ0n) is 15.2. The second-order valence-electron chi connectivity index (χ2n) is 6.83. The summed E-state index contributed by atoms with van der Waals surface area (Å²) in [6.07, 6.45) is 1.97. The Hall–Kier alpha value is -1.56. The van der Waals surface area contributed by atoms with Crippen LogP contribution in [0.5, 0.6) is 0 Å². The third-order valence-corrected chi connectivity index (χ3v) is 5.40. The Kier molecular flexibility index (Phi) is 5.37. The summed E-state index contributed by atoms with van der Waals surface area (Å²) in [5, 5.41) is 4.78. The maximum Gasteiger partial charge on any atom is 0.224 e. The van der Waals surface area contributed by atoms with Gasteiger partial charge in [-0.25, -0.2) is 0 Å². The Morgan fingerprint density at radius 2 is 2.20 bits per heavy atom. The minimum atomic E-state index is -0.0243. The summed E-state index contributed by atoms with van der Waals surface area (Å²) in [6.45, 7) is 8.17. The van der Waals surface area contributed by atoms with E-state index in [0.717, 1.165) is 45.8 Å². The van der Waals surface area contributed by atoms with Crippen LogP contribution in [0.15, 0.2) is 16.7 Å². The van der Waals surface area contributed by atoms with Crippen molar-refractivity contribution in [3.05, 3.63) is 34.0 Å². The highest BCUT2D eigenvalue weighted by molar-refractivity contribution is 6.33. The number of benzene rings is 1. The quantitative estimate of drug-likeness (QED) is 0.885. The van der Waals surface area contributed by atoms with Gasteiger partial charge in [-0.15, -0.1) is 0 Å². The van der Waals surface area contributed by atoms with Crippen LogP contribution in [0.25, 0.3) is 11.0 Å². The number of rotatable bonds is 5. The van der Waals surface area contributed by atoms with Crippen LogP contribution in [0, 0.1) is 13.8 Å². The summed E-state index contributed by atoms with van der Waals surface area (Å²) in [6, 6.07) is 1.94. The Bertz CT molecular complexity index is 787. The lowest BCUT2D eigenvalue weighted by atomic mass is 10.0. The fourth-order valence-electron chi connectivity index (χ4n) is 3.65. The van der Waals surface area contributed by atoms with E-state index in [0.29, 0.717) is 6.61 Å². The summed E-state index contributed by atoms with van der Waals surface area (Å²) in [5.41, 5.74) is 3.58. The minimum Gasteiger partial charge on any atom is -0.464 e. The molecule has 5 nitrogen and oxygen atoms in total. The van der Waals surface area contributed by atoms with Crippen molar-refractivity contribution < 1.29 is 13.9 Å². The number of halogens is 1. The van der Waals surface area contributed by atoms with E-state index >= 15 is 0 Å². The molecule has 0 aliphatic carbocycles. The van der Waals surface area contributed by atoms with Crippen molar-refractivity contribution in [1.29, 1.82) is 0 Å². The van der Waals surface area contributed by atoms with E-state index < -0.39 is 0 Å². The van der Waals surface area contributed by atoms with Crippen molar-refractivity contribution in [2.24, 2.45) is 0 Å². The number of amides is 1. The number of hydrogen-bond donors (Lipinski definition) is 1. The van der Waals surface area contributed by atoms with Gasteiger partial charge in [0.2, 0.25) is 5.91 Å². The first-order valence-corrected chi connectivity index (χ1v) is 9.03. The number of nitrogens with zero attached hydrogens (tertiary/aromatic N) is 1. The molecule has 136 valence electrons. The highest BCUT2D eigenvalue weighted by Gasteiger charge is 2.32. The molecule has 1 aliphatic heterocycles. The Balaban J connectivity index is 1.75. The average Bonchev–Trinajstić information content (AvgIpc) is 3.09. The van der Waals surface area contributed by atoms with Crippen molar-refractivity contribution in [3.63, 3.8) is 0 Å². The molecular weight excluding hydrogens is 340 g/mol. The van der Waals surface area contributed by atoms with Gasteiger partial charge in [-0.05, 0) is 45.0 Å². The maximum atomic E-state index is 12.6. The van der Waals surface area contributed by atoms with Gasteiger partial charge < -0.3 is 19.4 Å². The Morgan fingerprint density at radius 3 is 2.92 bits per heavy atom. The molecule has 1 N–H and O–H groups in total. The Labute approximate surface area is 153 Å². The third-order valence-electron chi connectivity index (χ3n) is 4.82. The predicted octanol–water partition coefficient (Wildman–Crippen LogP) is 3.08. The molecular formula is C19H25ClN2O3. The number of aryl methyl sites for hydroxylation is 2. The molecule has 2 heterocycles. The van der Waals surface area contributed by atoms with Crippen LogP contribution >= 0.6 is 11.6 Å². The standard InChI is InChI=1S/C19H25ClN2O3/c1-5-24-16-9-22(4)8-14(16)21-17(23)7-13-10-25-15-6-11(2)19(20)12(3)18(13)15/h6,10,14,16H,5,7-9H2,1-4H3,(H,21,23)/t14-,16-/m1/s1. The van der Waals surface area contributed by atoms with Crippen molar-refractivity contribution in [1.82, 2.24) is 10.2 Å². The van der Waals surface area contributed by atoms with Gasteiger partial charge in [-0.2, -0.15) is 0 Å². The summed E-state index contributed by atoms with van der Waals surface area (Å²) >= 11 is 6.37. The fourth-order valence-corrected chi connectivity index (χ4v) is 3.80. The maximum absolute atomic E-state index is 12.6. The van der Waals surface area contributed by atoms with E-state index in [9.17, 15) is 4.79 Å². The summed E-state index contributed by atoms with van der Waals surface area (Å²) in [4.78, 5) is 14.7. The first-order valence-electron chi connectivity index (χ1n) is 8.66. The summed E-state index contributed by atoms with van der Waals surface area (Å²) < 4.78 is 11.4. The molecule has 0 spiro atoms. The molecule has 0 radical (unpaired) electrons. The van der Waals surface area contributed by atoms with Crippen LogP contribution in [-0.4, -0.2) is 49.7 Å². The molecule has 1 aromatic carbocycles. The number of nitrogens with one attached hydrogen (secondary N) is 1. The number of carbonyl (C=O) groups is 1. The predicted molar refractivity (Wildman–Crippen MR) is 99.2 cm³/mol. The number of likely N-dealkylation sites (N-methyl/N-ethyl adjacent to an activating group) is 1. The van der Waals surface area contributed by atoms with Gasteiger partial charge in [-0.1, -0.05) is 11.6 Å². The van der Waals surface area contributed by atoms with Crippen LogP contribution in [0.3, 0.4) is 0 Å². The van der Waals surface area contributed by atoms with E-state index in [4.69, 9.17) is 20.8 Å². The first kappa shape index (κ1) is 18.2. The Morgan fingerprint density at radius 1 is 1.44 bits per heavy atom. The smallest absolute Gasteiger partial charge is 0.224 e. The molecule has 0 unspecified atom stereocenters. The molecule has 25 heavy (non-hydrogen) atoms. The highest BCUT2D eigenvalue weighted by Crippen LogP contribution is 2.32. The fraction of sp³-hybridized carbons (Fsp3) is 0.526. The van der Waals surface area contributed by atoms with Crippen LogP contribution in [0.1, 0.15) is 23.6 Å². The lowest BCUT2D eigenvalue weighted by Crippen LogP contribution is -2.44. The highest BCUT2D eigenvalue weighted by atomic mass is 35.5. The van der Waals surface area contributed by atoms with Gasteiger partial charge >= 0.3 is 0 Å². The van der Waals surface area contributed by atoms with Crippen molar-refractivity contribution >= 4 is 28.5 Å². The molecule has 0 bridgehead atoms. The molecule has 2 aromatic rings. The first-order chi connectivity index (χ1) is 11.9. The normalized spacial score (nSPS) is 21.2. The topological polar surface area (TPSA) is 54.7 Å². The lowest BCUT2D eigenvalue weighted by molar-refractivity contribution is -0.121. The van der Waals surface area contributed by atoms with Gasteiger partial charge in [0.1, 0.15) is 5.58 Å². The minimum absolute atomic E-state index is 0.0162. The second-order valence-corrected chi connectivity index (χ2v) is 7.21. The van der Waals surface area contributed by atoms with Gasteiger partial charge in [-0.3, -0.25) is 4.79 Å². The number of furan rings is 1. The van der Waals surface area contributed by atoms with Crippen molar-refractivity contribution in [3.8, 4) is 0 Å². The average molecular weight is 365 g/mol. The van der Waals surface area contributed by atoms with Gasteiger partial charge in [0.25, 0.3) is 0 Å². The van der Waals surface area contributed by atoms with Crippen molar-refractivity contribution in [2.45, 2.75) is 39.3 Å². The third kappa shape index (κ3) is 3.68. The zero-order valence-corrected chi connectivity index (χ0v) is 15.9. The molecule has 0 saturated carbocycles. The molecule has 3 rings (SSSR count).